The number of hydrogen-bond donors (Lipinski definition) is 1. The van der Waals surface area contributed by atoms with Crippen LogP contribution in [-0.4, -0.2) is 84.0 Å². The van der Waals surface area contributed by atoms with Crippen LogP contribution in [0.2, 0.25) is 0 Å². The second-order valence-electron chi connectivity index (χ2n) is 8.63. The highest BCUT2D eigenvalue weighted by atomic mass is 16.2. The Morgan fingerprint density at radius 1 is 1.07 bits per heavy atom. The lowest BCUT2D eigenvalue weighted by Crippen LogP contribution is -2.51. The highest BCUT2D eigenvalue weighted by Gasteiger charge is 2.33. The van der Waals surface area contributed by atoms with Crippen molar-refractivity contribution in [1.82, 2.24) is 25.0 Å². The average Bonchev–Trinajstić information content (AvgIpc) is 3.04. The van der Waals surface area contributed by atoms with Crippen LogP contribution in [0.5, 0.6) is 0 Å². The van der Waals surface area contributed by atoms with Crippen molar-refractivity contribution in [3.63, 3.8) is 0 Å². The second kappa shape index (κ2) is 9.81. The first-order valence-corrected chi connectivity index (χ1v) is 11.1. The van der Waals surface area contributed by atoms with Gasteiger partial charge in [0.2, 0.25) is 5.91 Å². The Labute approximate surface area is 169 Å². The van der Waals surface area contributed by atoms with Crippen LogP contribution < -0.4 is 5.32 Å². The van der Waals surface area contributed by atoms with Crippen molar-refractivity contribution in [1.29, 1.82) is 0 Å². The highest BCUT2D eigenvalue weighted by Crippen LogP contribution is 2.25. The third kappa shape index (κ3) is 5.10. The maximum Gasteiger partial charge on any atom is 0.227 e. The van der Waals surface area contributed by atoms with E-state index in [-0.39, 0.29) is 5.92 Å². The smallest absolute Gasteiger partial charge is 0.227 e. The van der Waals surface area contributed by atoms with Gasteiger partial charge in [-0.3, -0.25) is 19.6 Å². The van der Waals surface area contributed by atoms with Crippen LogP contribution in [0.4, 0.5) is 0 Å². The van der Waals surface area contributed by atoms with E-state index in [9.17, 15) is 4.79 Å². The summed E-state index contributed by atoms with van der Waals surface area (Å²) in [6.07, 6.45) is 9.57. The van der Waals surface area contributed by atoms with Crippen molar-refractivity contribution in [2.45, 2.75) is 44.7 Å². The number of pyridine rings is 1. The molecule has 1 atom stereocenters. The van der Waals surface area contributed by atoms with Gasteiger partial charge in [0, 0.05) is 51.2 Å². The molecule has 0 spiro atoms. The van der Waals surface area contributed by atoms with Gasteiger partial charge in [-0.25, -0.2) is 0 Å². The van der Waals surface area contributed by atoms with Crippen molar-refractivity contribution in [2.75, 3.05) is 52.4 Å². The largest absolute Gasteiger partial charge is 0.341 e. The second-order valence-corrected chi connectivity index (χ2v) is 8.63. The summed E-state index contributed by atoms with van der Waals surface area (Å²) in [6.45, 7) is 9.21. The number of likely N-dealkylation sites (tertiary alicyclic amines) is 2. The molecule has 1 aromatic rings. The van der Waals surface area contributed by atoms with E-state index in [1.165, 1.54) is 31.4 Å². The molecular formula is C22H35N5O. The molecular weight excluding hydrogens is 350 g/mol. The number of aromatic nitrogens is 1. The lowest BCUT2D eigenvalue weighted by Gasteiger charge is -2.42. The van der Waals surface area contributed by atoms with Crippen LogP contribution in [0, 0.1) is 5.92 Å². The van der Waals surface area contributed by atoms with Gasteiger partial charge in [-0.1, -0.05) is 6.07 Å². The summed E-state index contributed by atoms with van der Waals surface area (Å²) in [5.74, 6) is 0.614. The van der Waals surface area contributed by atoms with Crippen LogP contribution >= 0.6 is 0 Å². The Bertz CT molecular complexity index is 609. The van der Waals surface area contributed by atoms with Gasteiger partial charge in [-0.15, -0.1) is 0 Å². The Hall–Kier alpha value is -1.50. The monoisotopic (exact) mass is 385 g/mol. The number of hydrogen-bond acceptors (Lipinski definition) is 5. The zero-order chi connectivity index (χ0) is 19.2. The lowest BCUT2D eigenvalue weighted by atomic mass is 9.92. The fourth-order valence-corrected chi connectivity index (χ4v) is 5.06. The van der Waals surface area contributed by atoms with E-state index < -0.39 is 0 Å². The Balaban J connectivity index is 1.26. The number of rotatable bonds is 4. The van der Waals surface area contributed by atoms with Crippen molar-refractivity contribution < 1.29 is 4.79 Å². The molecule has 3 fully saturated rings. The fourth-order valence-electron chi connectivity index (χ4n) is 5.06. The van der Waals surface area contributed by atoms with E-state index in [0.29, 0.717) is 11.9 Å². The van der Waals surface area contributed by atoms with E-state index >= 15 is 0 Å². The van der Waals surface area contributed by atoms with E-state index in [1.54, 1.807) is 0 Å². The summed E-state index contributed by atoms with van der Waals surface area (Å²) < 4.78 is 0. The van der Waals surface area contributed by atoms with Crippen LogP contribution in [0.1, 0.15) is 37.7 Å². The molecule has 4 heterocycles. The Morgan fingerprint density at radius 3 is 2.79 bits per heavy atom. The van der Waals surface area contributed by atoms with E-state index in [0.717, 1.165) is 65.2 Å². The number of amides is 1. The van der Waals surface area contributed by atoms with Crippen molar-refractivity contribution in [3.8, 4) is 0 Å². The minimum absolute atomic E-state index is 0.209. The standard InChI is InChI=1S/C22H35N5O/c28-22(26-12-3-9-23-10-15-26)20-5-2-11-27(18-20)21-6-13-25(14-7-21)17-19-4-1-8-24-16-19/h1,4,8,16,20-21,23H,2-3,5-7,9-15,17-18H2/t20-/m0/s1. The normalized spacial score (nSPS) is 26.1. The maximum absolute atomic E-state index is 13.0. The van der Waals surface area contributed by atoms with Crippen molar-refractivity contribution in [3.05, 3.63) is 30.1 Å². The van der Waals surface area contributed by atoms with Crippen molar-refractivity contribution >= 4 is 5.91 Å². The molecule has 0 aromatic carbocycles. The number of nitrogens with one attached hydrogen (secondary N) is 1. The SMILES string of the molecule is O=C([C@H]1CCCN(C2CCN(Cc3cccnc3)CC2)C1)N1CCCNCC1. The van der Waals surface area contributed by atoms with Gasteiger partial charge in [0.1, 0.15) is 0 Å². The Kier molecular flexibility index (Phi) is 6.94. The van der Waals surface area contributed by atoms with Crippen LogP contribution in [0.3, 0.4) is 0 Å². The summed E-state index contributed by atoms with van der Waals surface area (Å²) in [7, 11) is 0. The minimum atomic E-state index is 0.209. The predicted molar refractivity (Wildman–Crippen MR) is 111 cm³/mol. The molecule has 0 aliphatic carbocycles. The number of carbonyl (C=O) groups is 1. The first-order valence-electron chi connectivity index (χ1n) is 11.1. The first-order chi connectivity index (χ1) is 13.8. The van der Waals surface area contributed by atoms with Crippen LogP contribution in [0.25, 0.3) is 0 Å². The van der Waals surface area contributed by atoms with E-state index in [1.807, 2.05) is 18.5 Å². The van der Waals surface area contributed by atoms with Crippen LogP contribution in [0.15, 0.2) is 24.5 Å². The van der Waals surface area contributed by atoms with Gasteiger partial charge in [0.15, 0.2) is 0 Å². The molecule has 28 heavy (non-hydrogen) atoms. The topological polar surface area (TPSA) is 51.7 Å². The van der Waals surface area contributed by atoms with Gasteiger partial charge in [0.25, 0.3) is 0 Å². The quantitative estimate of drug-likeness (QED) is 0.853. The number of nitrogens with zero attached hydrogens (tertiary/aromatic N) is 4. The number of carbonyl (C=O) groups excluding carboxylic acids is 1. The summed E-state index contributed by atoms with van der Waals surface area (Å²) in [6, 6.07) is 4.83. The molecule has 154 valence electrons. The zero-order valence-corrected chi connectivity index (χ0v) is 17.1. The molecule has 3 aliphatic heterocycles. The number of piperidine rings is 2. The van der Waals surface area contributed by atoms with Gasteiger partial charge < -0.3 is 10.2 Å². The van der Waals surface area contributed by atoms with Gasteiger partial charge >= 0.3 is 0 Å². The third-order valence-corrected chi connectivity index (χ3v) is 6.66. The third-order valence-electron chi connectivity index (χ3n) is 6.66. The lowest BCUT2D eigenvalue weighted by molar-refractivity contribution is -0.137. The summed E-state index contributed by atoms with van der Waals surface area (Å²) in [4.78, 5) is 24.6. The molecule has 0 saturated carbocycles. The Morgan fingerprint density at radius 2 is 1.96 bits per heavy atom. The molecule has 3 saturated heterocycles. The van der Waals surface area contributed by atoms with Gasteiger partial charge in [-0.05, 0) is 69.9 Å². The average molecular weight is 386 g/mol. The fraction of sp³-hybridized carbons (Fsp3) is 0.727. The molecule has 6 nitrogen and oxygen atoms in total. The van der Waals surface area contributed by atoms with Crippen molar-refractivity contribution in [2.24, 2.45) is 5.92 Å². The maximum atomic E-state index is 13.0. The molecule has 4 rings (SSSR count). The van der Waals surface area contributed by atoms with Crippen LogP contribution in [-0.2, 0) is 11.3 Å². The molecule has 0 bridgehead atoms. The summed E-state index contributed by atoms with van der Waals surface area (Å²) in [5.41, 5.74) is 1.30. The molecule has 0 unspecified atom stereocenters. The van der Waals surface area contributed by atoms with Gasteiger partial charge in [-0.2, -0.15) is 0 Å². The molecule has 3 aliphatic rings. The van der Waals surface area contributed by atoms with Gasteiger partial charge in [0.05, 0.1) is 5.92 Å². The highest BCUT2D eigenvalue weighted by molar-refractivity contribution is 5.79. The zero-order valence-electron chi connectivity index (χ0n) is 17.1. The summed E-state index contributed by atoms with van der Waals surface area (Å²) >= 11 is 0. The molecule has 6 heteroatoms. The predicted octanol–water partition coefficient (Wildman–Crippen LogP) is 1.58. The minimum Gasteiger partial charge on any atom is -0.341 e. The first kappa shape index (κ1) is 19.8. The molecule has 1 amide bonds. The van der Waals surface area contributed by atoms with E-state index in [4.69, 9.17) is 0 Å². The van der Waals surface area contributed by atoms with E-state index in [2.05, 4.69) is 31.1 Å². The molecule has 1 N–H and O–H groups in total. The summed E-state index contributed by atoms with van der Waals surface area (Å²) in [5, 5.41) is 3.40. The molecule has 0 radical (unpaired) electrons. The molecule has 1 aromatic heterocycles.